The van der Waals surface area contributed by atoms with Gasteiger partial charge >= 0.3 is 0 Å². The fraction of sp³-hybridized carbons (Fsp3) is 1.00. The van der Waals surface area contributed by atoms with Gasteiger partial charge < -0.3 is 0 Å². The average molecular weight is 146 g/mol. The van der Waals surface area contributed by atoms with Gasteiger partial charge in [-0.15, -0.1) is 16.9 Å². The predicted molar refractivity (Wildman–Crippen MR) is 37.7 cm³/mol. The van der Waals surface area contributed by atoms with Gasteiger partial charge in [0.25, 0.3) is 0 Å². The quantitative estimate of drug-likeness (QED) is 0.627. The van der Waals surface area contributed by atoms with Gasteiger partial charge in [0.15, 0.2) is 5.50 Å². The molecule has 1 aliphatic rings. The van der Waals surface area contributed by atoms with E-state index >= 15 is 0 Å². The molecule has 0 spiro atoms. The van der Waals surface area contributed by atoms with Gasteiger partial charge in [0, 0.05) is 6.54 Å². The summed E-state index contributed by atoms with van der Waals surface area (Å²) in [6.45, 7) is 2.99. The number of hydrogen-bond donors (Lipinski definition) is 1. The first kappa shape index (κ1) is 6.82. The summed E-state index contributed by atoms with van der Waals surface area (Å²) in [5, 5.41) is 9.54. The molecule has 1 aliphatic heterocycles. The Hall–Kier alpha value is -0.290. The lowest BCUT2D eigenvalue weighted by atomic mass is 10.7. The monoisotopic (exact) mass is 146 g/mol. The molecule has 1 heterocycles. The number of thioether (sulfide) groups is 1. The molecule has 0 aliphatic carbocycles. The van der Waals surface area contributed by atoms with Crippen LogP contribution >= 0.6 is 11.8 Å². The zero-order chi connectivity index (χ0) is 6.69. The Morgan fingerprint density at radius 3 is 3.00 bits per heavy atom. The molecule has 0 saturated heterocycles. The van der Waals surface area contributed by atoms with Crippen LogP contribution in [-0.2, 0) is 0 Å². The van der Waals surface area contributed by atoms with Crippen molar-refractivity contribution < 1.29 is 0 Å². The predicted octanol–water partition coefficient (Wildman–Crippen LogP) is 0.840. The molecule has 0 fully saturated rings. The lowest BCUT2D eigenvalue weighted by molar-refractivity contribution is 0.233. The van der Waals surface area contributed by atoms with Crippen molar-refractivity contribution in [3.8, 4) is 0 Å². The maximum absolute atomic E-state index is 3.91. The molecule has 4 nitrogen and oxygen atoms in total. The van der Waals surface area contributed by atoms with Crippen LogP contribution in [0.2, 0.25) is 0 Å². The third-order valence-corrected chi connectivity index (χ3v) is 1.92. The third-order valence-electron chi connectivity index (χ3n) is 1.15. The number of nitrogens with zero attached hydrogens (tertiary/aromatic N) is 3. The molecule has 0 aromatic rings. The lowest BCUT2D eigenvalue weighted by Crippen LogP contribution is -2.34. The summed E-state index contributed by atoms with van der Waals surface area (Å²) in [4.78, 5) is 0. The van der Waals surface area contributed by atoms with Crippen LogP contribution in [-0.4, -0.2) is 23.3 Å². The Kier molecular flexibility index (Phi) is 2.29. The first-order valence-corrected chi connectivity index (χ1v) is 4.12. The highest BCUT2D eigenvalue weighted by Gasteiger charge is 2.18. The third kappa shape index (κ3) is 1.34. The molecule has 5 heteroatoms. The molecule has 1 rings (SSSR count). The van der Waals surface area contributed by atoms with Crippen molar-refractivity contribution in [3.05, 3.63) is 0 Å². The minimum atomic E-state index is 0.176. The van der Waals surface area contributed by atoms with E-state index in [4.69, 9.17) is 0 Å². The molecule has 0 aromatic heterocycles. The normalized spacial score (nSPS) is 26.7. The summed E-state index contributed by atoms with van der Waals surface area (Å²) >= 11 is 1.67. The van der Waals surface area contributed by atoms with Crippen molar-refractivity contribution in [3.63, 3.8) is 0 Å². The first-order chi connectivity index (χ1) is 4.38. The number of hydrazine groups is 1. The van der Waals surface area contributed by atoms with E-state index in [1.807, 2.05) is 11.3 Å². The minimum Gasteiger partial charge on any atom is -0.219 e. The molecule has 1 unspecified atom stereocenters. The van der Waals surface area contributed by atoms with E-state index in [0.29, 0.717) is 0 Å². The molecule has 9 heavy (non-hydrogen) atoms. The second-order valence-corrected chi connectivity index (χ2v) is 2.56. The highest BCUT2D eigenvalue weighted by Crippen LogP contribution is 2.15. The van der Waals surface area contributed by atoms with Crippen LogP contribution in [0.3, 0.4) is 0 Å². The van der Waals surface area contributed by atoms with E-state index in [2.05, 4.69) is 22.8 Å². The molecule has 52 valence electrons. The molecule has 0 bridgehead atoms. The lowest BCUT2D eigenvalue weighted by Gasteiger charge is -2.15. The van der Waals surface area contributed by atoms with E-state index in [9.17, 15) is 0 Å². The van der Waals surface area contributed by atoms with Gasteiger partial charge in [-0.2, -0.15) is 5.01 Å². The number of hydrogen-bond acceptors (Lipinski definition) is 5. The summed E-state index contributed by atoms with van der Waals surface area (Å²) < 4.78 is 0. The summed E-state index contributed by atoms with van der Waals surface area (Å²) in [6, 6.07) is 0. The molecule has 0 saturated carbocycles. The van der Waals surface area contributed by atoms with Crippen molar-refractivity contribution in [2.45, 2.75) is 12.4 Å². The van der Waals surface area contributed by atoms with Crippen LogP contribution in [0.15, 0.2) is 10.3 Å². The Bertz CT molecular complexity index is 115. The summed E-state index contributed by atoms with van der Waals surface area (Å²) in [5.41, 5.74) is 2.95. The molecular weight excluding hydrogens is 136 g/mol. The average Bonchev–Trinajstić information content (AvgIpc) is 2.33. The van der Waals surface area contributed by atoms with Crippen LogP contribution in [0.4, 0.5) is 0 Å². The Balaban J connectivity index is 2.39. The topological polar surface area (TPSA) is 40.0 Å². The van der Waals surface area contributed by atoms with Crippen LogP contribution in [0, 0.1) is 0 Å². The minimum absolute atomic E-state index is 0.176. The summed E-state index contributed by atoms with van der Waals surface area (Å²) in [5.74, 6) is 0. The second-order valence-electron chi connectivity index (χ2n) is 1.66. The highest BCUT2D eigenvalue weighted by molar-refractivity contribution is 7.99. The Labute approximate surface area is 58.6 Å². The van der Waals surface area contributed by atoms with Crippen LogP contribution < -0.4 is 5.53 Å². The fourth-order valence-electron chi connectivity index (χ4n) is 0.646. The molecule has 1 N–H and O–H groups in total. The van der Waals surface area contributed by atoms with Gasteiger partial charge in [0.2, 0.25) is 0 Å². The van der Waals surface area contributed by atoms with Crippen LogP contribution in [0.1, 0.15) is 6.92 Å². The fourth-order valence-corrected chi connectivity index (χ4v) is 1.24. The molecule has 1 atom stereocenters. The van der Waals surface area contributed by atoms with Crippen molar-refractivity contribution in [2.24, 2.45) is 10.3 Å². The number of rotatable bonds is 2. The van der Waals surface area contributed by atoms with E-state index in [0.717, 1.165) is 6.54 Å². The van der Waals surface area contributed by atoms with Crippen molar-refractivity contribution in [2.75, 3.05) is 12.8 Å². The summed E-state index contributed by atoms with van der Waals surface area (Å²) in [7, 11) is 0. The van der Waals surface area contributed by atoms with Gasteiger partial charge in [-0.3, -0.25) is 0 Å². The van der Waals surface area contributed by atoms with Gasteiger partial charge in [0.05, 0.1) is 0 Å². The molecule has 0 aromatic carbocycles. The maximum atomic E-state index is 3.91. The van der Waals surface area contributed by atoms with Crippen LogP contribution in [0.5, 0.6) is 0 Å². The van der Waals surface area contributed by atoms with Gasteiger partial charge in [-0.25, -0.2) is 5.53 Å². The molecular formula is C4H10N4S. The van der Waals surface area contributed by atoms with E-state index in [1.165, 1.54) is 0 Å². The zero-order valence-corrected chi connectivity index (χ0v) is 6.35. The van der Waals surface area contributed by atoms with E-state index < -0.39 is 0 Å². The SMILES string of the molecule is CCN1NN=NC1SC. The second kappa shape index (κ2) is 3.03. The molecule has 0 radical (unpaired) electrons. The van der Waals surface area contributed by atoms with Crippen molar-refractivity contribution in [1.29, 1.82) is 0 Å². The zero-order valence-electron chi connectivity index (χ0n) is 5.53. The van der Waals surface area contributed by atoms with Crippen molar-refractivity contribution in [1.82, 2.24) is 10.5 Å². The largest absolute Gasteiger partial charge is 0.219 e. The van der Waals surface area contributed by atoms with Gasteiger partial charge in [-0.05, 0) is 6.26 Å². The van der Waals surface area contributed by atoms with Gasteiger partial charge in [-0.1, -0.05) is 12.1 Å². The van der Waals surface area contributed by atoms with Gasteiger partial charge in [0.1, 0.15) is 0 Å². The standard InChI is InChI=1S/C4H10N4S/c1-3-8-4(9-2)5-6-7-8/h4H,3H2,1-2H3,(H,5,7). The number of nitrogens with one attached hydrogen (secondary N) is 1. The Morgan fingerprint density at radius 1 is 1.78 bits per heavy atom. The van der Waals surface area contributed by atoms with E-state index in [-0.39, 0.29) is 5.50 Å². The van der Waals surface area contributed by atoms with Crippen LogP contribution in [0.25, 0.3) is 0 Å². The van der Waals surface area contributed by atoms with E-state index in [1.54, 1.807) is 11.8 Å². The maximum Gasteiger partial charge on any atom is 0.189 e. The Morgan fingerprint density at radius 2 is 2.56 bits per heavy atom. The smallest absolute Gasteiger partial charge is 0.189 e. The van der Waals surface area contributed by atoms with Crippen molar-refractivity contribution >= 4 is 11.8 Å². The molecule has 0 amide bonds. The summed E-state index contributed by atoms with van der Waals surface area (Å²) in [6.07, 6.45) is 2.01. The highest BCUT2D eigenvalue weighted by atomic mass is 32.2. The first-order valence-electron chi connectivity index (χ1n) is 2.83.